The summed E-state index contributed by atoms with van der Waals surface area (Å²) in [6, 6.07) is 15.9. The fourth-order valence-electron chi connectivity index (χ4n) is 3.19. The molecule has 6 heteroatoms. The standard InChI is InChI=1S/C20H21N3O3/c24-20(19-12-17(26-22-19)14-23-8-10-25-11-9-23)21-13-16-6-3-5-15-4-1-2-7-18(15)16/h1-7,12H,8-11,13-14H2,(H,21,24). The van der Waals surface area contributed by atoms with Crippen LogP contribution in [0, 0.1) is 0 Å². The van der Waals surface area contributed by atoms with Gasteiger partial charge in [-0.3, -0.25) is 9.69 Å². The average Bonchev–Trinajstić information content (AvgIpc) is 3.15. The van der Waals surface area contributed by atoms with Crippen LogP contribution in [0.25, 0.3) is 10.8 Å². The van der Waals surface area contributed by atoms with Crippen molar-refractivity contribution in [2.24, 2.45) is 0 Å². The van der Waals surface area contributed by atoms with Crippen molar-refractivity contribution in [2.45, 2.75) is 13.1 Å². The van der Waals surface area contributed by atoms with Gasteiger partial charge in [0.25, 0.3) is 5.91 Å². The van der Waals surface area contributed by atoms with E-state index >= 15 is 0 Å². The molecule has 0 atom stereocenters. The second-order valence-electron chi connectivity index (χ2n) is 6.39. The number of carbonyl (C=O) groups excluding carboxylic acids is 1. The molecule has 1 saturated heterocycles. The van der Waals surface area contributed by atoms with Crippen LogP contribution in [0.1, 0.15) is 21.8 Å². The third-order valence-electron chi connectivity index (χ3n) is 4.59. The van der Waals surface area contributed by atoms with E-state index in [1.165, 1.54) is 0 Å². The largest absolute Gasteiger partial charge is 0.379 e. The van der Waals surface area contributed by atoms with Crippen molar-refractivity contribution in [1.82, 2.24) is 15.4 Å². The third-order valence-corrected chi connectivity index (χ3v) is 4.59. The molecule has 6 nitrogen and oxygen atoms in total. The van der Waals surface area contributed by atoms with E-state index in [-0.39, 0.29) is 5.91 Å². The van der Waals surface area contributed by atoms with E-state index in [4.69, 9.17) is 9.26 Å². The van der Waals surface area contributed by atoms with Crippen LogP contribution in [0.2, 0.25) is 0 Å². The van der Waals surface area contributed by atoms with Crippen LogP contribution in [0.5, 0.6) is 0 Å². The number of nitrogens with zero attached hydrogens (tertiary/aromatic N) is 2. The van der Waals surface area contributed by atoms with Crippen LogP contribution in [-0.2, 0) is 17.8 Å². The maximum absolute atomic E-state index is 12.4. The molecule has 4 rings (SSSR count). The summed E-state index contributed by atoms with van der Waals surface area (Å²) in [6.45, 7) is 4.28. The molecular formula is C20H21N3O3. The smallest absolute Gasteiger partial charge is 0.273 e. The molecule has 1 amide bonds. The first-order valence-electron chi connectivity index (χ1n) is 8.80. The molecule has 1 aromatic heterocycles. The number of benzene rings is 2. The van der Waals surface area contributed by atoms with Crippen molar-refractivity contribution < 1.29 is 14.1 Å². The maximum atomic E-state index is 12.4. The lowest BCUT2D eigenvalue weighted by Gasteiger charge is -2.25. The van der Waals surface area contributed by atoms with Crippen molar-refractivity contribution in [3.05, 3.63) is 65.5 Å². The summed E-state index contributed by atoms with van der Waals surface area (Å²) in [4.78, 5) is 14.6. The van der Waals surface area contributed by atoms with Crippen LogP contribution < -0.4 is 5.32 Å². The summed E-state index contributed by atoms with van der Waals surface area (Å²) in [5, 5.41) is 9.14. The highest BCUT2D eigenvalue weighted by Gasteiger charge is 2.16. The molecular weight excluding hydrogens is 330 g/mol. The molecule has 0 aliphatic carbocycles. The SMILES string of the molecule is O=C(NCc1cccc2ccccc12)c1cc(CN2CCOCC2)on1. The fourth-order valence-corrected chi connectivity index (χ4v) is 3.19. The van der Waals surface area contributed by atoms with Gasteiger partial charge in [0.2, 0.25) is 0 Å². The van der Waals surface area contributed by atoms with E-state index in [0.717, 1.165) is 42.6 Å². The van der Waals surface area contributed by atoms with Crippen LogP contribution in [0.4, 0.5) is 0 Å². The Bertz CT molecular complexity index is 895. The van der Waals surface area contributed by atoms with Gasteiger partial charge < -0.3 is 14.6 Å². The molecule has 0 radical (unpaired) electrons. The number of nitrogens with one attached hydrogen (secondary N) is 1. The van der Waals surface area contributed by atoms with Crippen molar-refractivity contribution in [3.8, 4) is 0 Å². The van der Waals surface area contributed by atoms with Crippen molar-refractivity contribution in [2.75, 3.05) is 26.3 Å². The molecule has 1 aliphatic rings. The molecule has 26 heavy (non-hydrogen) atoms. The van der Waals surface area contributed by atoms with E-state index in [2.05, 4.69) is 33.6 Å². The number of carbonyl (C=O) groups is 1. The molecule has 1 aliphatic heterocycles. The summed E-state index contributed by atoms with van der Waals surface area (Å²) in [5.41, 5.74) is 1.39. The molecule has 2 heterocycles. The van der Waals surface area contributed by atoms with Crippen molar-refractivity contribution in [3.63, 3.8) is 0 Å². The zero-order valence-electron chi connectivity index (χ0n) is 14.5. The molecule has 2 aromatic carbocycles. The Morgan fingerprint density at radius 2 is 1.92 bits per heavy atom. The van der Waals surface area contributed by atoms with Gasteiger partial charge in [0, 0.05) is 25.7 Å². The quantitative estimate of drug-likeness (QED) is 0.765. The van der Waals surface area contributed by atoms with E-state index in [1.54, 1.807) is 6.07 Å². The number of rotatable bonds is 5. The normalized spacial score (nSPS) is 15.2. The second kappa shape index (κ2) is 7.68. The molecule has 1 N–H and O–H groups in total. The summed E-state index contributed by atoms with van der Waals surface area (Å²) in [7, 11) is 0. The minimum Gasteiger partial charge on any atom is -0.379 e. The molecule has 3 aromatic rings. The van der Waals surface area contributed by atoms with E-state index in [9.17, 15) is 4.79 Å². The summed E-state index contributed by atoms with van der Waals surface area (Å²) >= 11 is 0. The average molecular weight is 351 g/mol. The predicted octanol–water partition coefficient (Wildman–Crippen LogP) is 2.59. The Balaban J connectivity index is 1.39. The number of aromatic nitrogens is 1. The lowest BCUT2D eigenvalue weighted by Crippen LogP contribution is -2.35. The van der Waals surface area contributed by atoms with Gasteiger partial charge in [0.15, 0.2) is 11.5 Å². The molecule has 134 valence electrons. The summed E-state index contributed by atoms with van der Waals surface area (Å²) in [5.74, 6) is 0.470. The fraction of sp³-hybridized carbons (Fsp3) is 0.300. The first-order chi connectivity index (χ1) is 12.8. The van der Waals surface area contributed by atoms with Gasteiger partial charge in [-0.05, 0) is 16.3 Å². The topological polar surface area (TPSA) is 67.6 Å². The Hall–Kier alpha value is -2.70. The van der Waals surface area contributed by atoms with Crippen molar-refractivity contribution in [1.29, 1.82) is 0 Å². The van der Waals surface area contributed by atoms with E-state index in [1.807, 2.05) is 24.3 Å². The number of fused-ring (bicyclic) bond motifs is 1. The zero-order valence-corrected chi connectivity index (χ0v) is 14.5. The van der Waals surface area contributed by atoms with Gasteiger partial charge in [-0.1, -0.05) is 47.6 Å². The number of morpholine rings is 1. The Kier molecular flexibility index (Phi) is 4.95. The number of hydrogen-bond acceptors (Lipinski definition) is 5. The van der Waals surface area contributed by atoms with Crippen LogP contribution in [0.15, 0.2) is 53.1 Å². The molecule has 0 saturated carbocycles. The first kappa shape index (κ1) is 16.8. The van der Waals surface area contributed by atoms with E-state index in [0.29, 0.717) is 24.5 Å². The minimum absolute atomic E-state index is 0.227. The van der Waals surface area contributed by atoms with Gasteiger partial charge in [-0.2, -0.15) is 0 Å². The van der Waals surface area contributed by atoms with Gasteiger partial charge in [0.05, 0.1) is 19.8 Å². The molecule has 0 spiro atoms. The maximum Gasteiger partial charge on any atom is 0.273 e. The Labute approximate surface area is 151 Å². The second-order valence-corrected chi connectivity index (χ2v) is 6.39. The number of hydrogen-bond donors (Lipinski definition) is 1. The number of amides is 1. The first-order valence-corrected chi connectivity index (χ1v) is 8.80. The lowest BCUT2D eigenvalue weighted by atomic mass is 10.0. The summed E-state index contributed by atoms with van der Waals surface area (Å²) in [6.07, 6.45) is 0. The minimum atomic E-state index is -0.227. The number of ether oxygens (including phenoxy) is 1. The van der Waals surface area contributed by atoms with Gasteiger partial charge in [-0.25, -0.2) is 0 Å². The van der Waals surface area contributed by atoms with Crippen LogP contribution in [0.3, 0.4) is 0 Å². The van der Waals surface area contributed by atoms with Crippen LogP contribution >= 0.6 is 0 Å². The van der Waals surface area contributed by atoms with Gasteiger partial charge >= 0.3 is 0 Å². The van der Waals surface area contributed by atoms with Gasteiger partial charge in [0.1, 0.15) is 0 Å². The molecule has 0 bridgehead atoms. The highest BCUT2D eigenvalue weighted by molar-refractivity contribution is 5.92. The molecule has 0 unspecified atom stereocenters. The Morgan fingerprint density at radius 3 is 2.81 bits per heavy atom. The molecule has 1 fully saturated rings. The highest BCUT2D eigenvalue weighted by Crippen LogP contribution is 2.18. The third kappa shape index (κ3) is 3.76. The monoisotopic (exact) mass is 351 g/mol. The van der Waals surface area contributed by atoms with E-state index < -0.39 is 0 Å². The predicted molar refractivity (Wildman–Crippen MR) is 97.7 cm³/mol. The van der Waals surface area contributed by atoms with Crippen molar-refractivity contribution >= 4 is 16.7 Å². The van der Waals surface area contributed by atoms with Gasteiger partial charge in [-0.15, -0.1) is 0 Å². The lowest BCUT2D eigenvalue weighted by molar-refractivity contribution is 0.0305. The Morgan fingerprint density at radius 1 is 1.12 bits per heavy atom. The van der Waals surface area contributed by atoms with Crippen LogP contribution in [-0.4, -0.2) is 42.3 Å². The zero-order chi connectivity index (χ0) is 17.8. The highest BCUT2D eigenvalue weighted by atomic mass is 16.5. The summed E-state index contributed by atoms with van der Waals surface area (Å²) < 4.78 is 10.7.